The first-order chi connectivity index (χ1) is 16.1. The number of nitrogens with zero attached hydrogens (tertiary/aromatic N) is 3. The fourth-order valence-electron chi connectivity index (χ4n) is 4.44. The zero-order valence-corrected chi connectivity index (χ0v) is 21.0. The maximum absolute atomic E-state index is 11.2. The highest BCUT2D eigenvalue weighted by Crippen LogP contribution is 2.26. The lowest BCUT2D eigenvalue weighted by Crippen LogP contribution is -2.50. The first-order valence-electron chi connectivity index (χ1n) is 11.4. The van der Waals surface area contributed by atoms with E-state index in [9.17, 15) is 5.11 Å². The van der Waals surface area contributed by atoms with Gasteiger partial charge in [0.25, 0.3) is 0 Å². The van der Waals surface area contributed by atoms with E-state index in [1.807, 2.05) is 37.9 Å². The third kappa shape index (κ3) is 4.09. The number of allylic oxidation sites excluding steroid dienone is 1. The molecular formula is C24H27B5N4O. The summed E-state index contributed by atoms with van der Waals surface area (Å²) < 4.78 is 2.00. The number of aryl methyl sites for hydroxylation is 1. The molecule has 0 saturated heterocycles. The van der Waals surface area contributed by atoms with Crippen molar-refractivity contribution in [2.45, 2.75) is 6.92 Å². The molecule has 34 heavy (non-hydrogen) atoms. The molecule has 2 aromatic heterocycles. The van der Waals surface area contributed by atoms with Crippen molar-refractivity contribution in [3.05, 3.63) is 71.9 Å². The van der Waals surface area contributed by atoms with Crippen molar-refractivity contribution in [1.82, 2.24) is 14.5 Å². The van der Waals surface area contributed by atoms with Gasteiger partial charge >= 0.3 is 0 Å². The number of fused-ring (bicyclic) bond motifs is 1. The number of aliphatic hydroxyl groups excluding tert-OH is 1. The molecule has 0 amide bonds. The highest BCUT2D eigenvalue weighted by molar-refractivity contribution is 6.63. The van der Waals surface area contributed by atoms with Gasteiger partial charge in [-0.25, -0.2) is 9.97 Å². The van der Waals surface area contributed by atoms with E-state index in [1.54, 1.807) is 6.33 Å². The summed E-state index contributed by atoms with van der Waals surface area (Å²) in [5, 5.41) is 16.6. The van der Waals surface area contributed by atoms with Gasteiger partial charge in [-0.05, 0) is 35.5 Å². The largest absolute Gasteiger partial charge is 0.508 e. The molecule has 2 aromatic carbocycles. The Hall–Kier alpha value is -3.54. The van der Waals surface area contributed by atoms with Crippen LogP contribution in [0.25, 0.3) is 27.8 Å². The average molecular weight is 442 g/mol. The smallest absolute Gasteiger partial charge is 0.146 e. The number of imidazole rings is 1. The summed E-state index contributed by atoms with van der Waals surface area (Å²) in [6.45, 7) is 6.25. The van der Waals surface area contributed by atoms with Crippen molar-refractivity contribution in [3.63, 3.8) is 0 Å². The van der Waals surface area contributed by atoms with Crippen LogP contribution in [0.4, 0.5) is 5.82 Å². The number of anilines is 1. The molecule has 0 spiro atoms. The van der Waals surface area contributed by atoms with Gasteiger partial charge in [0.05, 0.1) is 18.2 Å². The Balaban J connectivity index is 1.68. The Morgan fingerprint density at radius 3 is 2.38 bits per heavy atom. The van der Waals surface area contributed by atoms with Crippen LogP contribution in [0.3, 0.4) is 0 Å². The van der Waals surface area contributed by atoms with Crippen LogP contribution < -0.4 is 27.2 Å². The average Bonchev–Trinajstić information content (AvgIpc) is 3.26. The van der Waals surface area contributed by atoms with Gasteiger partial charge in [0.2, 0.25) is 0 Å². The molecule has 10 heteroatoms. The molecule has 2 N–H and O–H groups in total. The van der Waals surface area contributed by atoms with Gasteiger partial charge in [-0.15, -0.1) is 10.9 Å². The zero-order chi connectivity index (χ0) is 24.7. The van der Waals surface area contributed by atoms with Gasteiger partial charge in [-0.3, -0.25) is 0 Å². The second-order valence-electron chi connectivity index (χ2n) is 9.10. The molecule has 4 aromatic rings. The van der Waals surface area contributed by atoms with E-state index >= 15 is 0 Å². The van der Waals surface area contributed by atoms with Gasteiger partial charge in [0.1, 0.15) is 50.8 Å². The van der Waals surface area contributed by atoms with Crippen LogP contribution in [-0.2, 0) is 7.05 Å². The second kappa shape index (κ2) is 9.01. The van der Waals surface area contributed by atoms with Gasteiger partial charge in [0.15, 0.2) is 0 Å². The Morgan fingerprint density at radius 2 is 1.71 bits per heavy atom. The molecule has 0 aliphatic carbocycles. The van der Waals surface area contributed by atoms with Gasteiger partial charge in [0, 0.05) is 35.5 Å². The maximum Gasteiger partial charge on any atom is 0.146 e. The molecule has 0 atom stereocenters. The molecule has 0 saturated carbocycles. The summed E-state index contributed by atoms with van der Waals surface area (Å²) in [7, 11) is 12.3. The van der Waals surface area contributed by atoms with Gasteiger partial charge < -0.3 is 15.0 Å². The highest BCUT2D eigenvalue weighted by atomic mass is 16.3. The molecule has 0 unspecified atom stereocenters. The highest BCUT2D eigenvalue weighted by Gasteiger charge is 2.17. The minimum absolute atomic E-state index is 0.248. The van der Waals surface area contributed by atoms with Crippen LogP contribution >= 0.6 is 0 Å². The summed E-state index contributed by atoms with van der Waals surface area (Å²) >= 11 is 0. The Kier molecular flexibility index (Phi) is 6.26. The Bertz CT molecular complexity index is 1460. The van der Waals surface area contributed by atoms with E-state index in [2.05, 4.69) is 78.4 Å². The van der Waals surface area contributed by atoms with E-state index in [4.69, 9.17) is 0 Å². The first-order valence-corrected chi connectivity index (χ1v) is 11.4. The normalized spacial score (nSPS) is 11.9. The van der Waals surface area contributed by atoms with Crippen LogP contribution in [0, 0.1) is 6.92 Å². The van der Waals surface area contributed by atoms with Crippen LogP contribution in [0.2, 0.25) is 0 Å². The topological polar surface area (TPSA) is 63.0 Å². The van der Waals surface area contributed by atoms with Crippen molar-refractivity contribution >= 4 is 83.4 Å². The maximum atomic E-state index is 11.2. The standard InChI is InChI=1S/C24H27B5N4O/c1-11-18(21(27)23(29)22(28)19(11)25)24(34)20(26)12(2)32-17-7-15-6-13(4-5-14(15)8-31-17)16-9-30-10-33(16)3/h4-10,34H,2,25-29H2,1,3H3,(H,31,32)/b24-20+. The minimum Gasteiger partial charge on any atom is -0.508 e. The fourth-order valence-corrected chi connectivity index (χ4v) is 4.44. The first kappa shape index (κ1) is 23.6. The number of rotatable bonds is 5. The molecule has 2 heterocycles. The molecule has 0 bridgehead atoms. The van der Waals surface area contributed by atoms with Crippen LogP contribution in [0.5, 0.6) is 0 Å². The van der Waals surface area contributed by atoms with E-state index in [-0.39, 0.29) is 5.76 Å². The lowest BCUT2D eigenvalue weighted by atomic mass is 9.63. The molecule has 0 aliphatic heterocycles. The van der Waals surface area contributed by atoms with Crippen molar-refractivity contribution in [3.8, 4) is 11.3 Å². The van der Waals surface area contributed by atoms with Crippen LogP contribution in [-0.4, -0.2) is 58.9 Å². The third-order valence-corrected chi connectivity index (χ3v) is 7.16. The number of benzene rings is 2. The zero-order valence-electron chi connectivity index (χ0n) is 21.0. The van der Waals surface area contributed by atoms with Gasteiger partial charge in [-0.2, -0.15) is 0 Å². The third-order valence-electron chi connectivity index (χ3n) is 7.16. The lowest BCUT2D eigenvalue weighted by Gasteiger charge is -2.21. The Labute approximate surface area is 205 Å². The van der Waals surface area contributed by atoms with Crippen LogP contribution in [0.15, 0.2) is 60.7 Å². The van der Waals surface area contributed by atoms with E-state index in [1.165, 1.54) is 16.4 Å². The number of nitrogens with one attached hydrogen (secondary N) is 1. The second-order valence-corrected chi connectivity index (χ2v) is 9.10. The molecule has 0 radical (unpaired) electrons. The monoisotopic (exact) mass is 442 g/mol. The minimum atomic E-state index is 0.248. The van der Waals surface area contributed by atoms with E-state index < -0.39 is 0 Å². The Morgan fingerprint density at radius 1 is 1.00 bits per heavy atom. The number of pyridine rings is 1. The van der Waals surface area contributed by atoms with Gasteiger partial charge in [-0.1, -0.05) is 29.6 Å². The summed E-state index contributed by atoms with van der Waals surface area (Å²) in [5.41, 5.74) is 10.2. The predicted molar refractivity (Wildman–Crippen MR) is 159 cm³/mol. The van der Waals surface area contributed by atoms with E-state index in [0.29, 0.717) is 17.0 Å². The molecule has 4 rings (SSSR count). The van der Waals surface area contributed by atoms with Crippen molar-refractivity contribution in [1.29, 1.82) is 0 Å². The lowest BCUT2D eigenvalue weighted by molar-refractivity contribution is 0.510. The number of hydrogen-bond acceptors (Lipinski definition) is 4. The number of aromatic nitrogens is 3. The SMILES string of the molecule is B/C(C(=C)Nc1cc2cc(-c3cncn3C)ccc2cn1)=C(/O)c1c(B)c(B)c(B)c(B)c1C. The number of hydrogen-bond donors (Lipinski definition) is 2. The summed E-state index contributed by atoms with van der Waals surface area (Å²) in [6.07, 6.45) is 5.50. The summed E-state index contributed by atoms with van der Waals surface area (Å²) in [4.78, 5) is 8.77. The van der Waals surface area contributed by atoms with Crippen molar-refractivity contribution in [2.24, 2.45) is 7.05 Å². The molecule has 0 aliphatic rings. The van der Waals surface area contributed by atoms with E-state index in [0.717, 1.165) is 38.6 Å². The quantitative estimate of drug-likeness (QED) is 0.204. The van der Waals surface area contributed by atoms with Crippen molar-refractivity contribution < 1.29 is 5.11 Å². The van der Waals surface area contributed by atoms with Crippen molar-refractivity contribution in [2.75, 3.05) is 5.32 Å². The molecule has 0 fully saturated rings. The van der Waals surface area contributed by atoms with Crippen LogP contribution in [0.1, 0.15) is 11.1 Å². The molecular weight excluding hydrogens is 414 g/mol. The fraction of sp³-hybridized carbons (Fsp3) is 0.0833. The predicted octanol–water partition coefficient (Wildman–Crippen LogP) is -2.54. The molecule has 164 valence electrons. The summed E-state index contributed by atoms with van der Waals surface area (Å²) in [6, 6.07) is 8.27. The summed E-state index contributed by atoms with van der Waals surface area (Å²) in [5.74, 6) is 0.925. The molecule has 5 nitrogen and oxygen atoms in total. The number of aliphatic hydroxyl groups is 1.